The van der Waals surface area contributed by atoms with Gasteiger partial charge in [0.25, 0.3) is 0 Å². The molecule has 2 heterocycles. The molecule has 2 aromatic carbocycles. The number of benzene rings is 2. The molecule has 1 aromatic heterocycles. The van der Waals surface area contributed by atoms with Crippen molar-refractivity contribution >= 4 is 22.8 Å². The maximum Gasteiger partial charge on any atom is 0.365 e. The average Bonchev–Trinajstić information content (AvgIpc) is 2.78. The van der Waals surface area contributed by atoms with Gasteiger partial charge in [0.15, 0.2) is 6.04 Å². The van der Waals surface area contributed by atoms with Crippen molar-refractivity contribution < 1.29 is 24.0 Å². The Balaban J connectivity index is 1.80. The number of rotatable bonds is 4. The van der Waals surface area contributed by atoms with Gasteiger partial charge in [-0.25, -0.2) is 14.6 Å². The quantitative estimate of drug-likeness (QED) is 0.673. The van der Waals surface area contributed by atoms with Crippen molar-refractivity contribution in [1.29, 1.82) is 0 Å². The zero-order chi connectivity index (χ0) is 21.3. The van der Waals surface area contributed by atoms with Gasteiger partial charge in [0.2, 0.25) is 0 Å². The highest BCUT2D eigenvalue weighted by Gasteiger charge is 2.37. The Morgan fingerprint density at radius 3 is 2.47 bits per heavy atom. The lowest BCUT2D eigenvalue weighted by Crippen LogP contribution is -3.15. The van der Waals surface area contributed by atoms with Crippen molar-refractivity contribution in [3.8, 4) is 0 Å². The van der Waals surface area contributed by atoms with Crippen LogP contribution in [0.3, 0.4) is 0 Å². The third-order valence-electron chi connectivity index (χ3n) is 5.95. The number of pyridine rings is 1. The molecule has 0 radical (unpaired) electrons. The zero-order valence-electron chi connectivity index (χ0n) is 17.4. The highest BCUT2D eigenvalue weighted by molar-refractivity contribution is 5.98. The molecule has 0 fully saturated rings. The predicted molar refractivity (Wildman–Crippen MR) is 112 cm³/mol. The third kappa shape index (κ3) is 3.55. The van der Waals surface area contributed by atoms with Crippen molar-refractivity contribution in [1.82, 2.24) is 4.98 Å². The fourth-order valence-corrected chi connectivity index (χ4v) is 4.40. The Morgan fingerprint density at radius 2 is 1.73 bits per heavy atom. The van der Waals surface area contributed by atoms with E-state index in [0.717, 1.165) is 26.9 Å². The second kappa shape index (κ2) is 8.24. The number of nitrogens with one attached hydrogen (secondary N) is 1. The van der Waals surface area contributed by atoms with Crippen molar-refractivity contribution in [2.75, 3.05) is 14.2 Å². The summed E-state index contributed by atoms with van der Waals surface area (Å²) in [5.41, 5.74) is 5.14. The van der Waals surface area contributed by atoms with Crippen LogP contribution in [-0.4, -0.2) is 37.2 Å². The first-order chi connectivity index (χ1) is 14.5. The smallest absolute Gasteiger partial charge is 0.365 e. The van der Waals surface area contributed by atoms with Gasteiger partial charge in [0.1, 0.15) is 18.8 Å². The Labute approximate surface area is 175 Å². The fraction of sp³-hybridized carbons (Fsp3) is 0.292. The van der Waals surface area contributed by atoms with E-state index < -0.39 is 5.97 Å². The van der Waals surface area contributed by atoms with Gasteiger partial charge < -0.3 is 14.4 Å². The maximum atomic E-state index is 12.6. The molecule has 1 N–H and O–H groups in total. The number of carbonyl (C=O) groups excluding carboxylic acids is 2. The molecule has 6 heteroatoms. The molecule has 4 rings (SSSR count). The van der Waals surface area contributed by atoms with Gasteiger partial charge in [-0.2, -0.15) is 0 Å². The van der Waals surface area contributed by atoms with Crippen LogP contribution in [0.25, 0.3) is 10.9 Å². The van der Waals surface area contributed by atoms with Crippen LogP contribution in [0, 0.1) is 6.92 Å². The first-order valence-electron chi connectivity index (χ1n) is 9.99. The largest absolute Gasteiger partial charge is 0.465 e. The molecule has 1 aliphatic rings. The molecule has 3 aromatic rings. The van der Waals surface area contributed by atoms with E-state index >= 15 is 0 Å². The molecule has 0 saturated heterocycles. The van der Waals surface area contributed by atoms with Crippen LogP contribution in [0.5, 0.6) is 0 Å². The van der Waals surface area contributed by atoms with E-state index in [9.17, 15) is 9.59 Å². The second-order valence-corrected chi connectivity index (χ2v) is 7.63. The first-order valence-corrected chi connectivity index (χ1v) is 9.99. The molecule has 1 unspecified atom stereocenters. The molecule has 0 aliphatic carbocycles. The number of aromatic nitrogens is 1. The maximum absolute atomic E-state index is 12.6. The molecule has 6 nitrogen and oxygen atoms in total. The molecule has 30 heavy (non-hydrogen) atoms. The molecule has 154 valence electrons. The summed E-state index contributed by atoms with van der Waals surface area (Å²) in [6, 6.07) is 15.5. The van der Waals surface area contributed by atoms with Crippen LogP contribution in [0.1, 0.15) is 32.7 Å². The van der Waals surface area contributed by atoms with Crippen LogP contribution in [0.4, 0.5) is 0 Å². The van der Waals surface area contributed by atoms with Gasteiger partial charge >= 0.3 is 11.9 Å². The first kappa shape index (κ1) is 20.0. The van der Waals surface area contributed by atoms with E-state index in [1.165, 1.54) is 19.8 Å². The summed E-state index contributed by atoms with van der Waals surface area (Å²) in [6.07, 6.45) is 0.596. The molecular weight excluding hydrogens is 380 g/mol. The lowest BCUT2D eigenvalue weighted by molar-refractivity contribution is -0.946. The van der Waals surface area contributed by atoms with Crippen molar-refractivity contribution in [2.45, 2.75) is 32.5 Å². The van der Waals surface area contributed by atoms with Crippen LogP contribution < -0.4 is 4.90 Å². The van der Waals surface area contributed by atoms with Crippen LogP contribution in [0.2, 0.25) is 0 Å². The normalized spacial score (nSPS) is 18.0. The lowest BCUT2D eigenvalue weighted by atomic mass is 9.93. The molecule has 0 spiro atoms. The summed E-state index contributed by atoms with van der Waals surface area (Å²) in [5.74, 6) is -0.663. The molecule has 2 atom stereocenters. The van der Waals surface area contributed by atoms with E-state index in [-0.39, 0.29) is 12.0 Å². The Bertz CT molecular complexity index is 1130. The summed E-state index contributed by atoms with van der Waals surface area (Å²) in [5, 5.41) is 0.921. The molecule has 0 bridgehead atoms. The zero-order valence-corrected chi connectivity index (χ0v) is 17.4. The number of aryl methyl sites for hydroxylation is 1. The standard InChI is InChI=1S/C24H24N2O4/c1-15-18-10-6-7-11-19(18)25-20(22(15)24(28)30-3)14-26-13-17-9-5-4-8-16(17)12-21(26)23(27)29-2/h4-11,21H,12-14H2,1-3H3/p+1/t21-/m0/s1. The van der Waals surface area contributed by atoms with Crippen LogP contribution in [-0.2, 0) is 33.8 Å². The molecule has 0 saturated carbocycles. The number of methoxy groups -OCH3 is 2. The van der Waals surface area contributed by atoms with Gasteiger partial charge in [-0.15, -0.1) is 0 Å². The Morgan fingerprint density at radius 1 is 1.03 bits per heavy atom. The predicted octanol–water partition coefficient (Wildman–Crippen LogP) is 2.01. The van der Waals surface area contributed by atoms with Gasteiger partial charge in [-0.3, -0.25) is 0 Å². The SMILES string of the molecule is COC(=O)c1c(C[NH+]2Cc3ccccc3C[C@H]2C(=O)OC)nc2ccccc2c1C. The number of para-hydroxylation sites is 1. The number of nitrogens with zero attached hydrogens (tertiary/aromatic N) is 1. The fourth-order valence-electron chi connectivity index (χ4n) is 4.40. The van der Waals surface area contributed by atoms with Crippen molar-refractivity contribution in [3.63, 3.8) is 0 Å². The van der Waals surface area contributed by atoms with Crippen LogP contribution >= 0.6 is 0 Å². The molecular formula is C24H25N2O4+. The summed E-state index contributed by atoms with van der Waals surface area (Å²) in [6.45, 7) is 2.99. The number of quaternary nitrogens is 1. The summed E-state index contributed by atoms with van der Waals surface area (Å²) in [4.78, 5) is 31.0. The van der Waals surface area contributed by atoms with Crippen molar-refractivity contribution in [3.05, 3.63) is 76.5 Å². The highest BCUT2D eigenvalue weighted by Crippen LogP contribution is 2.24. The van der Waals surface area contributed by atoms with E-state index in [1.54, 1.807) is 0 Å². The Kier molecular flexibility index (Phi) is 5.50. The number of carbonyl (C=O) groups is 2. The minimum atomic E-state index is -0.410. The van der Waals surface area contributed by atoms with Gasteiger partial charge in [0.05, 0.1) is 25.3 Å². The topological polar surface area (TPSA) is 69.9 Å². The number of hydrogen-bond acceptors (Lipinski definition) is 5. The van der Waals surface area contributed by atoms with Crippen molar-refractivity contribution in [2.24, 2.45) is 0 Å². The summed E-state index contributed by atoms with van der Waals surface area (Å²) >= 11 is 0. The second-order valence-electron chi connectivity index (χ2n) is 7.63. The minimum Gasteiger partial charge on any atom is -0.465 e. The lowest BCUT2D eigenvalue weighted by Gasteiger charge is -2.32. The van der Waals surface area contributed by atoms with E-state index in [2.05, 4.69) is 12.1 Å². The average molecular weight is 405 g/mol. The number of esters is 2. The highest BCUT2D eigenvalue weighted by atomic mass is 16.5. The third-order valence-corrected chi connectivity index (χ3v) is 5.95. The Hall–Kier alpha value is -3.25. The van der Waals surface area contributed by atoms with E-state index in [4.69, 9.17) is 14.5 Å². The van der Waals surface area contributed by atoms with Gasteiger partial charge in [-0.05, 0) is 24.1 Å². The summed E-state index contributed by atoms with van der Waals surface area (Å²) < 4.78 is 10.2. The van der Waals surface area contributed by atoms with Crippen LogP contribution in [0.15, 0.2) is 48.5 Å². The summed E-state index contributed by atoms with van der Waals surface area (Å²) in [7, 11) is 2.79. The molecule has 1 aliphatic heterocycles. The van der Waals surface area contributed by atoms with Gasteiger partial charge in [0, 0.05) is 17.4 Å². The number of fused-ring (bicyclic) bond motifs is 2. The monoisotopic (exact) mass is 405 g/mol. The van der Waals surface area contributed by atoms with Gasteiger partial charge in [-0.1, -0.05) is 42.5 Å². The number of hydrogen-bond donors (Lipinski definition) is 1. The molecule has 0 amide bonds. The minimum absolute atomic E-state index is 0.253. The van der Waals surface area contributed by atoms with E-state index in [0.29, 0.717) is 30.8 Å². The van der Waals surface area contributed by atoms with E-state index in [1.807, 2.05) is 43.3 Å². The number of ether oxygens (including phenoxy) is 2.